The Morgan fingerprint density at radius 1 is 0.714 bits per heavy atom. The first-order valence-electron chi connectivity index (χ1n) is 8.51. The van der Waals surface area contributed by atoms with Crippen molar-refractivity contribution in [1.29, 1.82) is 0 Å². The van der Waals surface area contributed by atoms with Crippen LogP contribution in [-0.4, -0.2) is 11.0 Å². The van der Waals surface area contributed by atoms with Gasteiger partial charge in [-0.1, -0.05) is 53.5 Å². The van der Waals surface area contributed by atoms with Crippen molar-refractivity contribution in [3.8, 4) is 0 Å². The number of amides is 1. The molecule has 6 heteroatoms. The number of nitrogens with zero attached hydrogens (tertiary/aromatic N) is 2. The molecule has 28 heavy (non-hydrogen) atoms. The number of rotatable bonds is 3. The standard InChI is InChI=1S/C22H14Cl2N2OS/c23-16-8-6-15(7-9-16)14-20-21(27)26(18-4-2-1-3-5-18)22(28)25(20)19-12-10-17(24)11-13-19/h1-14H/b20-14+. The van der Waals surface area contributed by atoms with E-state index < -0.39 is 0 Å². The van der Waals surface area contributed by atoms with Gasteiger partial charge in [-0.05, 0) is 72.4 Å². The smallest absolute Gasteiger partial charge is 0.281 e. The Labute approximate surface area is 178 Å². The SMILES string of the molecule is O=C1/C(=C\c2ccc(Cl)cc2)N(c2ccc(Cl)cc2)C(=S)N1c1ccccc1. The van der Waals surface area contributed by atoms with Gasteiger partial charge in [0, 0.05) is 15.7 Å². The fraction of sp³-hybridized carbons (Fsp3) is 0. The van der Waals surface area contributed by atoms with E-state index in [-0.39, 0.29) is 5.91 Å². The molecule has 1 aliphatic rings. The lowest BCUT2D eigenvalue weighted by Gasteiger charge is -2.20. The number of carbonyl (C=O) groups excluding carboxylic acids is 1. The van der Waals surface area contributed by atoms with E-state index in [1.54, 1.807) is 29.2 Å². The molecule has 1 saturated heterocycles. The maximum Gasteiger partial charge on any atom is 0.281 e. The van der Waals surface area contributed by atoms with Crippen molar-refractivity contribution >= 4 is 63.9 Å². The summed E-state index contributed by atoms with van der Waals surface area (Å²) in [6, 6.07) is 23.9. The van der Waals surface area contributed by atoms with Crippen LogP contribution in [0.3, 0.4) is 0 Å². The van der Waals surface area contributed by atoms with E-state index >= 15 is 0 Å². The Balaban J connectivity index is 1.84. The number of anilines is 2. The fourth-order valence-corrected chi connectivity index (χ4v) is 3.63. The van der Waals surface area contributed by atoms with Crippen LogP contribution in [0.25, 0.3) is 6.08 Å². The zero-order chi connectivity index (χ0) is 19.7. The summed E-state index contributed by atoms with van der Waals surface area (Å²) < 4.78 is 0. The molecule has 0 aromatic heterocycles. The molecule has 0 atom stereocenters. The van der Waals surface area contributed by atoms with Crippen LogP contribution in [0.15, 0.2) is 84.6 Å². The van der Waals surface area contributed by atoms with Crippen molar-refractivity contribution in [1.82, 2.24) is 0 Å². The van der Waals surface area contributed by atoms with Crippen molar-refractivity contribution in [3.63, 3.8) is 0 Å². The fourth-order valence-electron chi connectivity index (χ4n) is 2.99. The number of benzene rings is 3. The van der Waals surface area contributed by atoms with Gasteiger partial charge < -0.3 is 0 Å². The van der Waals surface area contributed by atoms with E-state index in [9.17, 15) is 4.79 Å². The van der Waals surface area contributed by atoms with Crippen LogP contribution in [0.2, 0.25) is 10.0 Å². The lowest BCUT2D eigenvalue weighted by atomic mass is 10.1. The molecule has 0 bridgehead atoms. The lowest BCUT2D eigenvalue weighted by molar-refractivity contribution is -0.113. The predicted molar refractivity (Wildman–Crippen MR) is 120 cm³/mol. The Kier molecular flexibility index (Phi) is 5.18. The molecule has 1 amide bonds. The van der Waals surface area contributed by atoms with Crippen LogP contribution in [-0.2, 0) is 4.79 Å². The van der Waals surface area contributed by atoms with Crippen LogP contribution in [0.1, 0.15) is 5.56 Å². The third kappa shape index (κ3) is 3.54. The molecule has 138 valence electrons. The quantitative estimate of drug-likeness (QED) is 0.370. The molecule has 3 aromatic rings. The highest BCUT2D eigenvalue weighted by Crippen LogP contribution is 2.34. The van der Waals surface area contributed by atoms with E-state index in [2.05, 4.69) is 0 Å². The van der Waals surface area contributed by atoms with Gasteiger partial charge in [0.05, 0.1) is 5.69 Å². The maximum absolute atomic E-state index is 13.3. The normalized spacial score (nSPS) is 15.6. The summed E-state index contributed by atoms with van der Waals surface area (Å²) in [5.41, 5.74) is 2.79. The summed E-state index contributed by atoms with van der Waals surface area (Å²) in [7, 11) is 0. The van der Waals surface area contributed by atoms with Gasteiger partial charge in [0.1, 0.15) is 5.70 Å². The number of hydrogen-bond donors (Lipinski definition) is 0. The van der Waals surface area contributed by atoms with Gasteiger partial charge in [0.15, 0.2) is 5.11 Å². The minimum absolute atomic E-state index is 0.193. The topological polar surface area (TPSA) is 23.6 Å². The van der Waals surface area contributed by atoms with Crippen molar-refractivity contribution in [2.45, 2.75) is 0 Å². The molecule has 0 N–H and O–H groups in total. The second kappa shape index (κ2) is 7.76. The van der Waals surface area contributed by atoms with Gasteiger partial charge in [-0.25, -0.2) is 0 Å². The van der Waals surface area contributed by atoms with Crippen LogP contribution < -0.4 is 9.80 Å². The molecule has 0 spiro atoms. The van der Waals surface area contributed by atoms with Crippen molar-refractivity contribution in [2.24, 2.45) is 0 Å². The number of thiocarbonyl (C=S) groups is 1. The molecule has 1 aliphatic heterocycles. The van der Waals surface area contributed by atoms with Crippen molar-refractivity contribution in [3.05, 3.63) is 100 Å². The summed E-state index contributed by atoms with van der Waals surface area (Å²) in [5.74, 6) is -0.193. The van der Waals surface area contributed by atoms with Gasteiger partial charge >= 0.3 is 0 Å². The highest BCUT2D eigenvalue weighted by atomic mass is 35.5. The molecular weight excluding hydrogens is 411 g/mol. The molecule has 0 radical (unpaired) electrons. The zero-order valence-corrected chi connectivity index (χ0v) is 16.9. The maximum atomic E-state index is 13.3. The number of carbonyl (C=O) groups is 1. The predicted octanol–water partition coefficient (Wildman–Crippen LogP) is 6.17. The van der Waals surface area contributed by atoms with Gasteiger partial charge in [0.25, 0.3) is 5.91 Å². The largest absolute Gasteiger partial charge is 0.281 e. The lowest BCUT2D eigenvalue weighted by Crippen LogP contribution is -2.32. The monoisotopic (exact) mass is 424 g/mol. The second-order valence-corrected chi connectivity index (χ2v) is 7.39. The summed E-state index contributed by atoms with van der Waals surface area (Å²) in [4.78, 5) is 16.6. The van der Waals surface area contributed by atoms with Crippen molar-refractivity contribution < 1.29 is 4.79 Å². The third-order valence-electron chi connectivity index (χ3n) is 4.32. The van der Waals surface area contributed by atoms with Crippen molar-refractivity contribution in [2.75, 3.05) is 9.80 Å². The van der Waals surface area contributed by atoms with Crippen LogP contribution in [0.4, 0.5) is 11.4 Å². The van der Waals surface area contributed by atoms with E-state index in [4.69, 9.17) is 35.4 Å². The molecule has 1 heterocycles. The molecule has 1 fully saturated rings. The Morgan fingerprint density at radius 3 is 1.86 bits per heavy atom. The number of para-hydroxylation sites is 1. The van der Waals surface area contributed by atoms with Crippen LogP contribution in [0, 0.1) is 0 Å². The van der Waals surface area contributed by atoms with Gasteiger partial charge in [-0.2, -0.15) is 0 Å². The van der Waals surface area contributed by atoms with Gasteiger partial charge in [0.2, 0.25) is 0 Å². The summed E-state index contributed by atoms with van der Waals surface area (Å²) in [6.45, 7) is 0. The molecule has 4 rings (SSSR count). The van der Waals surface area contributed by atoms with Crippen LogP contribution in [0.5, 0.6) is 0 Å². The molecule has 0 saturated carbocycles. The first kappa shape index (κ1) is 18.7. The number of hydrogen-bond acceptors (Lipinski definition) is 2. The summed E-state index contributed by atoms with van der Waals surface area (Å²) in [5, 5.41) is 1.64. The Morgan fingerprint density at radius 2 is 1.25 bits per heavy atom. The molecule has 3 nitrogen and oxygen atoms in total. The Bertz CT molecular complexity index is 1060. The molecule has 0 aliphatic carbocycles. The van der Waals surface area contributed by atoms with E-state index in [0.717, 1.165) is 16.9 Å². The average Bonchev–Trinajstić information content (AvgIpc) is 2.95. The Hall–Kier alpha value is -2.66. The van der Waals surface area contributed by atoms with E-state index in [1.165, 1.54) is 4.90 Å². The molecular formula is C22H14Cl2N2OS. The average molecular weight is 425 g/mol. The highest BCUT2D eigenvalue weighted by molar-refractivity contribution is 7.81. The van der Waals surface area contributed by atoms with Gasteiger partial charge in [-0.15, -0.1) is 0 Å². The summed E-state index contributed by atoms with van der Waals surface area (Å²) in [6.07, 6.45) is 1.81. The second-order valence-electron chi connectivity index (χ2n) is 6.15. The number of halogens is 2. The highest BCUT2D eigenvalue weighted by Gasteiger charge is 2.39. The molecule has 3 aromatic carbocycles. The van der Waals surface area contributed by atoms with E-state index in [0.29, 0.717) is 20.9 Å². The minimum atomic E-state index is -0.193. The van der Waals surface area contributed by atoms with Crippen LogP contribution >= 0.6 is 35.4 Å². The molecule has 0 unspecified atom stereocenters. The van der Waals surface area contributed by atoms with Gasteiger partial charge in [-0.3, -0.25) is 14.6 Å². The third-order valence-corrected chi connectivity index (χ3v) is 5.19. The minimum Gasteiger partial charge on any atom is -0.281 e. The first-order chi connectivity index (χ1) is 13.5. The summed E-state index contributed by atoms with van der Waals surface area (Å²) >= 11 is 17.7. The first-order valence-corrected chi connectivity index (χ1v) is 9.67. The zero-order valence-electron chi connectivity index (χ0n) is 14.5. The van der Waals surface area contributed by atoms with E-state index in [1.807, 2.05) is 60.7 Å².